The third-order valence-electron chi connectivity index (χ3n) is 4.62. The van der Waals surface area contributed by atoms with Crippen LogP contribution in [0.25, 0.3) is 15.9 Å². The summed E-state index contributed by atoms with van der Waals surface area (Å²) in [5.41, 5.74) is 2.63. The molecule has 0 radical (unpaired) electrons. The van der Waals surface area contributed by atoms with Gasteiger partial charge < -0.3 is 5.32 Å². The zero-order valence-corrected chi connectivity index (χ0v) is 18.0. The lowest BCUT2D eigenvalue weighted by atomic mass is 10.2. The second-order valence-electron chi connectivity index (χ2n) is 6.67. The molecule has 0 aliphatic heterocycles. The summed E-state index contributed by atoms with van der Waals surface area (Å²) >= 11 is 7.44. The first kappa shape index (κ1) is 19.0. The van der Waals surface area contributed by atoms with Crippen molar-refractivity contribution in [3.63, 3.8) is 0 Å². The maximum atomic E-state index is 13.2. The van der Waals surface area contributed by atoms with Crippen LogP contribution in [0.5, 0.6) is 0 Å². The lowest BCUT2D eigenvalue weighted by molar-refractivity contribution is 0.592. The number of nitrogens with one attached hydrogen (secondary N) is 1. The van der Waals surface area contributed by atoms with E-state index in [0.717, 1.165) is 21.5 Å². The van der Waals surface area contributed by atoms with Crippen LogP contribution in [0.2, 0.25) is 5.02 Å². The van der Waals surface area contributed by atoms with Crippen molar-refractivity contribution in [2.75, 3.05) is 5.32 Å². The van der Waals surface area contributed by atoms with Crippen LogP contribution in [0.4, 0.5) is 11.5 Å². The van der Waals surface area contributed by atoms with Gasteiger partial charge in [-0.2, -0.15) is 4.52 Å². The number of thiophene rings is 1. The summed E-state index contributed by atoms with van der Waals surface area (Å²) in [5.74, 6) is 0.525. The third-order valence-corrected chi connectivity index (χ3v) is 7.44. The van der Waals surface area contributed by atoms with Gasteiger partial charge in [0, 0.05) is 10.7 Å². The van der Waals surface area contributed by atoms with Crippen molar-refractivity contribution < 1.29 is 8.42 Å². The van der Waals surface area contributed by atoms with Crippen LogP contribution in [0.15, 0.2) is 69.9 Å². The van der Waals surface area contributed by atoms with Gasteiger partial charge in [-0.05, 0) is 54.8 Å². The van der Waals surface area contributed by atoms with Crippen LogP contribution in [0.3, 0.4) is 0 Å². The number of aryl methyl sites for hydroxylation is 1. The van der Waals surface area contributed by atoms with Crippen LogP contribution in [-0.2, 0) is 9.84 Å². The average molecular weight is 456 g/mol. The predicted molar refractivity (Wildman–Crippen MR) is 118 cm³/mol. The highest BCUT2D eigenvalue weighted by atomic mass is 35.5. The molecule has 1 N–H and O–H groups in total. The summed E-state index contributed by atoms with van der Waals surface area (Å²) in [6, 6.07) is 15.7. The highest BCUT2D eigenvalue weighted by Crippen LogP contribution is 2.32. The highest BCUT2D eigenvalue weighted by molar-refractivity contribution is 7.91. The Morgan fingerprint density at radius 3 is 2.50 bits per heavy atom. The van der Waals surface area contributed by atoms with E-state index in [-0.39, 0.29) is 15.6 Å². The number of hydrogen-bond acceptors (Lipinski definition) is 7. The van der Waals surface area contributed by atoms with Crippen molar-refractivity contribution in [1.29, 1.82) is 0 Å². The molecule has 3 heterocycles. The lowest BCUT2D eigenvalue weighted by Gasteiger charge is -2.08. The van der Waals surface area contributed by atoms with E-state index >= 15 is 0 Å². The molecule has 0 spiro atoms. The number of fused-ring (bicyclic) bond motifs is 3. The van der Waals surface area contributed by atoms with Gasteiger partial charge in [-0.15, -0.1) is 16.4 Å². The first-order valence-corrected chi connectivity index (χ1v) is 11.6. The van der Waals surface area contributed by atoms with Gasteiger partial charge in [-0.25, -0.2) is 13.4 Å². The summed E-state index contributed by atoms with van der Waals surface area (Å²) < 4.78 is 28.7. The number of anilines is 2. The zero-order valence-electron chi connectivity index (χ0n) is 15.6. The molecule has 0 saturated heterocycles. The predicted octanol–water partition coefficient (Wildman–Crippen LogP) is 4.88. The molecular formula is C20H14ClN5O2S2. The standard InChI is InChI=1S/C20H14ClN5O2S2/c1-12-2-8-15(9-3-12)30(27,28)20-19-23-18(22-14-6-4-13(21)5-7-14)17-16(10-11-29-17)26(19)25-24-20/h2-11H,1H3,(H,22,23). The summed E-state index contributed by atoms with van der Waals surface area (Å²) in [4.78, 5) is 4.74. The summed E-state index contributed by atoms with van der Waals surface area (Å²) in [7, 11) is -3.88. The maximum Gasteiger partial charge on any atom is 0.229 e. The molecule has 0 aliphatic rings. The molecule has 0 unspecified atom stereocenters. The lowest BCUT2D eigenvalue weighted by Crippen LogP contribution is -2.05. The van der Waals surface area contributed by atoms with Crippen LogP contribution in [0.1, 0.15) is 5.56 Å². The smallest absolute Gasteiger partial charge is 0.229 e. The fraction of sp³-hybridized carbons (Fsp3) is 0.0500. The molecule has 7 nitrogen and oxygen atoms in total. The fourth-order valence-electron chi connectivity index (χ4n) is 3.08. The number of aromatic nitrogens is 4. The van der Waals surface area contributed by atoms with E-state index in [1.165, 1.54) is 15.9 Å². The molecule has 3 aromatic heterocycles. The molecule has 0 saturated carbocycles. The van der Waals surface area contributed by atoms with Crippen LogP contribution in [-0.4, -0.2) is 28.2 Å². The Hall–Kier alpha value is -3.01. The van der Waals surface area contributed by atoms with E-state index in [1.54, 1.807) is 36.4 Å². The van der Waals surface area contributed by atoms with Crippen molar-refractivity contribution in [3.05, 3.63) is 70.6 Å². The fourth-order valence-corrected chi connectivity index (χ4v) is 5.26. The van der Waals surface area contributed by atoms with Crippen molar-refractivity contribution in [2.45, 2.75) is 16.8 Å². The number of sulfone groups is 1. The summed E-state index contributed by atoms with van der Waals surface area (Å²) in [6.45, 7) is 1.90. The molecule has 150 valence electrons. The molecule has 5 aromatic rings. The maximum absolute atomic E-state index is 13.2. The first-order chi connectivity index (χ1) is 14.4. The third kappa shape index (κ3) is 3.11. The Balaban J connectivity index is 1.70. The van der Waals surface area contributed by atoms with Crippen LogP contribution < -0.4 is 5.32 Å². The molecule has 2 aromatic carbocycles. The van der Waals surface area contributed by atoms with E-state index < -0.39 is 9.84 Å². The number of nitrogens with zero attached hydrogens (tertiary/aromatic N) is 4. The minimum absolute atomic E-state index is 0.148. The Kier molecular flexibility index (Phi) is 4.46. The second-order valence-corrected chi connectivity index (χ2v) is 9.89. The quantitative estimate of drug-likeness (QED) is 0.415. The average Bonchev–Trinajstić information content (AvgIpc) is 3.37. The van der Waals surface area contributed by atoms with E-state index in [1.807, 2.05) is 30.5 Å². The minimum atomic E-state index is -3.88. The molecule has 0 fully saturated rings. The van der Waals surface area contributed by atoms with Crippen molar-refractivity contribution in [3.8, 4) is 0 Å². The number of rotatable bonds is 4. The molecule has 0 aliphatic carbocycles. The van der Waals surface area contributed by atoms with Gasteiger partial charge in [0.2, 0.25) is 14.9 Å². The highest BCUT2D eigenvalue weighted by Gasteiger charge is 2.27. The first-order valence-electron chi connectivity index (χ1n) is 8.90. The normalized spacial score (nSPS) is 11.9. The second kappa shape index (κ2) is 7.05. The van der Waals surface area contributed by atoms with Gasteiger partial charge in [-0.1, -0.05) is 34.5 Å². The van der Waals surface area contributed by atoms with Crippen LogP contribution >= 0.6 is 22.9 Å². The molecule has 0 atom stereocenters. The Morgan fingerprint density at radius 1 is 1.03 bits per heavy atom. The summed E-state index contributed by atoms with van der Waals surface area (Å²) in [6.07, 6.45) is 0. The molecule has 10 heteroatoms. The van der Waals surface area contributed by atoms with Crippen molar-refractivity contribution in [1.82, 2.24) is 19.8 Å². The van der Waals surface area contributed by atoms with Gasteiger partial charge in [0.15, 0.2) is 11.5 Å². The van der Waals surface area contributed by atoms with Gasteiger partial charge in [0.1, 0.15) is 0 Å². The summed E-state index contributed by atoms with van der Waals surface area (Å²) in [5, 5.41) is 13.6. The van der Waals surface area contributed by atoms with Crippen molar-refractivity contribution in [2.24, 2.45) is 0 Å². The van der Waals surface area contributed by atoms with E-state index in [2.05, 4.69) is 20.6 Å². The SMILES string of the molecule is Cc1ccc(S(=O)(=O)c2nnn3c2nc(Nc2ccc(Cl)cc2)c2sccc23)cc1. The minimum Gasteiger partial charge on any atom is -0.339 e. The van der Waals surface area contributed by atoms with E-state index in [0.29, 0.717) is 10.8 Å². The van der Waals surface area contributed by atoms with Crippen LogP contribution in [0, 0.1) is 6.92 Å². The number of hydrogen-bond donors (Lipinski definition) is 1. The molecule has 0 amide bonds. The van der Waals surface area contributed by atoms with Gasteiger partial charge in [-0.3, -0.25) is 0 Å². The Labute approximate surface area is 180 Å². The monoisotopic (exact) mass is 455 g/mol. The van der Waals surface area contributed by atoms with Gasteiger partial charge >= 0.3 is 0 Å². The Morgan fingerprint density at radius 2 is 1.77 bits per heavy atom. The zero-order chi connectivity index (χ0) is 20.9. The topological polar surface area (TPSA) is 89.2 Å². The van der Waals surface area contributed by atoms with E-state index in [9.17, 15) is 8.42 Å². The Bertz CT molecular complexity index is 1490. The molecular weight excluding hydrogens is 442 g/mol. The molecule has 0 bridgehead atoms. The van der Waals surface area contributed by atoms with Gasteiger partial charge in [0.25, 0.3) is 0 Å². The number of benzene rings is 2. The van der Waals surface area contributed by atoms with Gasteiger partial charge in [0.05, 0.1) is 15.1 Å². The largest absolute Gasteiger partial charge is 0.339 e. The van der Waals surface area contributed by atoms with E-state index in [4.69, 9.17) is 11.6 Å². The molecule has 5 rings (SSSR count). The number of halogens is 1. The van der Waals surface area contributed by atoms with Crippen molar-refractivity contribution >= 4 is 60.1 Å². The molecule has 30 heavy (non-hydrogen) atoms.